The molecule has 0 fully saturated rings. The number of rotatable bonds is 3. The average Bonchev–Trinajstić information content (AvgIpc) is 3.16. The minimum Gasteiger partial charge on any atom is -0.367 e. The number of aromatic nitrogens is 2. The highest BCUT2D eigenvalue weighted by atomic mass is 15.1. The summed E-state index contributed by atoms with van der Waals surface area (Å²) >= 11 is 0. The molecule has 0 spiro atoms. The maximum absolute atomic E-state index is 4.07. The van der Waals surface area contributed by atoms with Crippen molar-refractivity contribution in [2.75, 3.05) is 11.4 Å². The molecular weight excluding hydrogens is 318 g/mol. The van der Waals surface area contributed by atoms with Crippen molar-refractivity contribution in [3.05, 3.63) is 71.5 Å². The van der Waals surface area contributed by atoms with E-state index in [9.17, 15) is 0 Å². The van der Waals surface area contributed by atoms with Crippen molar-refractivity contribution in [2.24, 2.45) is 0 Å². The zero-order valence-electron chi connectivity index (χ0n) is 15.9. The number of hydrogen-bond acceptors (Lipinski definition) is 2. The van der Waals surface area contributed by atoms with E-state index in [2.05, 4.69) is 78.3 Å². The second-order valence-electron chi connectivity index (χ2n) is 8.30. The van der Waals surface area contributed by atoms with E-state index in [1.165, 1.54) is 34.4 Å². The number of nitrogens with zero attached hydrogens (tertiary/aromatic N) is 2. The number of H-pyrrole nitrogens is 1. The Balaban J connectivity index is 1.56. The summed E-state index contributed by atoms with van der Waals surface area (Å²) in [7, 11) is 0. The topological polar surface area (TPSA) is 31.9 Å². The van der Waals surface area contributed by atoms with Crippen molar-refractivity contribution in [1.82, 2.24) is 10.2 Å². The zero-order chi connectivity index (χ0) is 18.1. The minimum atomic E-state index is 0.208. The SMILES string of the molecule is CC(C)(C)c1ccc(CN2CCCc3cc(-c4cn[nH]c4)ccc32)cc1. The van der Waals surface area contributed by atoms with Gasteiger partial charge in [-0.25, -0.2) is 0 Å². The Labute approximate surface area is 156 Å². The molecule has 0 bridgehead atoms. The lowest BCUT2D eigenvalue weighted by Crippen LogP contribution is -2.28. The van der Waals surface area contributed by atoms with Gasteiger partial charge < -0.3 is 4.90 Å². The normalized spacial score (nSPS) is 14.3. The molecule has 3 heteroatoms. The highest BCUT2D eigenvalue weighted by Gasteiger charge is 2.18. The van der Waals surface area contributed by atoms with E-state index in [0.29, 0.717) is 0 Å². The fourth-order valence-corrected chi connectivity index (χ4v) is 3.76. The number of benzene rings is 2. The van der Waals surface area contributed by atoms with Gasteiger partial charge >= 0.3 is 0 Å². The molecule has 134 valence electrons. The van der Waals surface area contributed by atoms with Crippen LogP contribution in [0.3, 0.4) is 0 Å². The molecule has 0 radical (unpaired) electrons. The van der Waals surface area contributed by atoms with E-state index in [4.69, 9.17) is 0 Å². The van der Waals surface area contributed by atoms with Gasteiger partial charge in [-0.1, -0.05) is 51.1 Å². The number of anilines is 1. The fourth-order valence-electron chi connectivity index (χ4n) is 3.76. The second-order valence-corrected chi connectivity index (χ2v) is 8.30. The molecule has 2 aromatic carbocycles. The Morgan fingerprint density at radius 1 is 1.04 bits per heavy atom. The summed E-state index contributed by atoms with van der Waals surface area (Å²) in [5.41, 5.74) is 8.20. The van der Waals surface area contributed by atoms with Crippen LogP contribution in [0.4, 0.5) is 5.69 Å². The van der Waals surface area contributed by atoms with Crippen LogP contribution >= 0.6 is 0 Å². The van der Waals surface area contributed by atoms with Crippen molar-refractivity contribution in [2.45, 2.75) is 45.6 Å². The predicted molar refractivity (Wildman–Crippen MR) is 109 cm³/mol. The van der Waals surface area contributed by atoms with Gasteiger partial charge in [0.25, 0.3) is 0 Å². The van der Waals surface area contributed by atoms with Crippen molar-refractivity contribution in [1.29, 1.82) is 0 Å². The quantitative estimate of drug-likeness (QED) is 0.696. The summed E-state index contributed by atoms with van der Waals surface area (Å²) in [6, 6.07) is 16.0. The van der Waals surface area contributed by atoms with Crippen LogP contribution in [0, 0.1) is 0 Å². The van der Waals surface area contributed by atoms with E-state index in [-0.39, 0.29) is 5.41 Å². The Hall–Kier alpha value is -2.55. The number of aromatic amines is 1. The van der Waals surface area contributed by atoms with Gasteiger partial charge in [-0.3, -0.25) is 5.10 Å². The maximum atomic E-state index is 4.07. The second kappa shape index (κ2) is 6.64. The van der Waals surface area contributed by atoms with Crippen LogP contribution in [-0.4, -0.2) is 16.7 Å². The van der Waals surface area contributed by atoms with Gasteiger partial charge in [0.05, 0.1) is 6.20 Å². The number of aryl methyl sites for hydroxylation is 1. The van der Waals surface area contributed by atoms with Gasteiger partial charge in [-0.2, -0.15) is 5.10 Å². The fraction of sp³-hybridized carbons (Fsp3) is 0.348. The standard InChI is InChI=1S/C23H27N3/c1-23(2,3)21-9-6-17(7-10-21)16-26-12-4-5-19-13-18(8-11-22(19)26)20-14-24-25-15-20/h6-11,13-15H,4-5,12,16H2,1-3H3,(H,24,25). The molecule has 3 nitrogen and oxygen atoms in total. The van der Waals surface area contributed by atoms with Crippen molar-refractivity contribution >= 4 is 5.69 Å². The molecule has 26 heavy (non-hydrogen) atoms. The summed E-state index contributed by atoms with van der Waals surface area (Å²) in [5.74, 6) is 0. The summed E-state index contributed by atoms with van der Waals surface area (Å²) in [4.78, 5) is 2.52. The Kier molecular flexibility index (Phi) is 4.31. The van der Waals surface area contributed by atoms with Gasteiger partial charge in [0.15, 0.2) is 0 Å². The van der Waals surface area contributed by atoms with Gasteiger partial charge in [0.2, 0.25) is 0 Å². The molecule has 1 N–H and O–H groups in total. The first-order valence-electron chi connectivity index (χ1n) is 9.47. The van der Waals surface area contributed by atoms with Crippen LogP contribution in [-0.2, 0) is 18.4 Å². The van der Waals surface area contributed by atoms with E-state index in [1.54, 1.807) is 0 Å². The molecule has 0 unspecified atom stereocenters. The molecular formula is C23H27N3. The minimum absolute atomic E-state index is 0.208. The number of nitrogens with one attached hydrogen (secondary N) is 1. The smallest absolute Gasteiger partial charge is 0.0565 e. The highest BCUT2D eigenvalue weighted by Crippen LogP contribution is 2.32. The first-order chi connectivity index (χ1) is 12.5. The monoisotopic (exact) mass is 345 g/mol. The van der Waals surface area contributed by atoms with Crippen LogP contribution in [0.15, 0.2) is 54.9 Å². The van der Waals surface area contributed by atoms with E-state index in [1.807, 2.05) is 12.4 Å². The third-order valence-electron chi connectivity index (χ3n) is 5.32. The summed E-state index contributed by atoms with van der Waals surface area (Å²) in [6.07, 6.45) is 6.21. The van der Waals surface area contributed by atoms with Gasteiger partial charge in [0.1, 0.15) is 0 Å². The van der Waals surface area contributed by atoms with Crippen LogP contribution < -0.4 is 4.90 Å². The molecule has 0 saturated heterocycles. The molecule has 1 aliphatic rings. The molecule has 1 aromatic heterocycles. The van der Waals surface area contributed by atoms with E-state index < -0.39 is 0 Å². The van der Waals surface area contributed by atoms with Crippen molar-refractivity contribution in [3.8, 4) is 11.1 Å². The van der Waals surface area contributed by atoms with Crippen LogP contribution in [0.2, 0.25) is 0 Å². The lowest BCUT2D eigenvalue weighted by Gasteiger charge is -2.32. The molecule has 0 atom stereocenters. The summed E-state index contributed by atoms with van der Waals surface area (Å²) in [6.45, 7) is 8.89. The van der Waals surface area contributed by atoms with E-state index >= 15 is 0 Å². The van der Waals surface area contributed by atoms with Crippen molar-refractivity contribution < 1.29 is 0 Å². The van der Waals surface area contributed by atoms with Gasteiger partial charge in [-0.05, 0) is 52.6 Å². The van der Waals surface area contributed by atoms with Crippen molar-refractivity contribution in [3.63, 3.8) is 0 Å². The Morgan fingerprint density at radius 3 is 2.54 bits per heavy atom. The molecule has 0 saturated carbocycles. The predicted octanol–water partition coefficient (Wildman–Crippen LogP) is 5.33. The lowest BCUT2D eigenvalue weighted by atomic mass is 9.86. The molecule has 0 amide bonds. The maximum Gasteiger partial charge on any atom is 0.0565 e. The largest absolute Gasteiger partial charge is 0.367 e. The molecule has 2 heterocycles. The van der Waals surface area contributed by atoms with Gasteiger partial charge in [-0.15, -0.1) is 0 Å². The lowest BCUT2D eigenvalue weighted by molar-refractivity contribution is 0.589. The zero-order valence-corrected chi connectivity index (χ0v) is 15.9. The van der Waals surface area contributed by atoms with E-state index in [0.717, 1.165) is 25.1 Å². The molecule has 3 aromatic rings. The third-order valence-corrected chi connectivity index (χ3v) is 5.32. The Morgan fingerprint density at radius 2 is 1.85 bits per heavy atom. The summed E-state index contributed by atoms with van der Waals surface area (Å²) < 4.78 is 0. The average molecular weight is 345 g/mol. The van der Waals surface area contributed by atoms with Crippen LogP contribution in [0.25, 0.3) is 11.1 Å². The Bertz CT molecular complexity index is 871. The molecule has 4 rings (SSSR count). The molecule has 1 aliphatic heterocycles. The van der Waals surface area contributed by atoms with Crippen LogP contribution in [0.5, 0.6) is 0 Å². The first-order valence-corrected chi connectivity index (χ1v) is 9.47. The third kappa shape index (κ3) is 3.39. The number of fused-ring (bicyclic) bond motifs is 1. The highest BCUT2D eigenvalue weighted by molar-refractivity contribution is 5.68. The van der Waals surface area contributed by atoms with Gasteiger partial charge in [0, 0.05) is 30.5 Å². The van der Waals surface area contributed by atoms with Crippen LogP contribution in [0.1, 0.15) is 43.9 Å². The summed E-state index contributed by atoms with van der Waals surface area (Å²) in [5, 5.41) is 6.97. The number of hydrogen-bond donors (Lipinski definition) is 1. The first kappa shape index (κ1) is 16.9. The molecule has 0 aliphatic carbocycles.